The Labute approximate surface area is 184 Å². The van der Waals surface area contributed by atoms with Gasteiger partial charge in [0.15, 0.2) is 5.13 Å². The van der Waals surface area contributed by atoms with Crippen LogP contribution in [0.5, 0.6) is 0 Å². The minimum Gasteiger partial charge on any atom is -0.370 e. The Bertz CT molecular complexity index is 1050. The zero-order valence-corrected chi connectivity index (χ0v) is 18.0. The maximum absolute atomic E-state index is 12.6. The summed E-state index contributed by atoms with van der Waals surface area (Å²) in [5.74, 6) is -0.264. The number of nitrogens with zero attached hydrogens (tertiary/aromatic N) is 3. The van der Waals surface area contributed by atoms with Gasteiger partial charge in [-0.2, -0.15) is 0 Å². The van der Waals surface area contributed by atoms with E-state index in [0.717, 1.165) is 43.1 Å². The van der Waals surface area contributed by atoms with Gasteiger partial charge in [0.25, 0.3) is 5.91 Å². The summed E-state index contributed by atoms with van der Waals surface area (Å²) in [6.45, 7) is 4.37. The number of hydrogen-bond acceptors (Lipinski definition) is 6. The minimum atomic E-state index is -0.264. The van der Waals surface area contributed by atoms with E-state index in [0.29, 0.717) is 21.3 Å². The third kappa shape index (κ3) is 3.80. The monoisotopic (exact) mass is 439 g/mol. The number of carbonyl (C=O) groups is 1. The van der Waals surface area contributed by atoms with E-state index in [1.165, 1.54) is 24.2 Å². The molecule has 2 saturated heterocycles. The van der Waals surface area contributed by atoms with Gasteiger partial charge in [0.2, 0.25) is 0 Å². The quantitative estimate of drug-likeness (QED) is 0.634. The van der Waals surface area contributed by atoms with Crippen molar-refractivity contribution in [2.75, 3.05) is 36.4 Å². The van der Waals surface area contributed by atoms with Crippen LogP contribution in [0.2, 0.25) is 5.02 Å². The summed E-state index contributed by atoms with van der Waals surface area (Å²) >= 11 is 7.60. The Morgan fingerprint density at radius 3 is 2.63 bits per heavy atom. The summed E-state index contributed by atoms with van der Waals surface area (Å²) in [5.41, 5.74) is 3.56. The van der Waals surface area contributed by atoms with Crippen LogP contribution in [0.15, 0.2) is 48.0 Å². The van der Waals surface area contributed by atoms with E-state index in [1.807, 2.05) is 35.7 Å². The Morgan fingerprint density at radius 2 is 1.97 bits per heavy atom. The van der Waals surface area contributed by atoms with E-state index in [9.17, 15) is 4.79 Å². The van der Waals surface area contributed by atoms with E-state index in [1.54, 1.807) is 12.3 Å². The topological polar surface area (TPSA) is 70.2 Å². The van der Waals surface area contributed by atoms with Crippen LogP contribution in [-0.4, -0.2) is 42.1 Å². The van der Waals surface area contributed by atoms with Crippen LogP contribution in [0, 0.1) is 5.41 Å². The minimum absolute atomic E-state index is 0.264. The smallest absolute Gasteiger partial charge is 0.276 e. The van der Waals surface area contributed by atoms with Gasteiger partial charge in [-0.25, -0.2) is 9.97 Å². The molecule has 0 aliphatic carbocycles. The number of carbonyl (C=O) groups excluding carboxylic acids is 1. The van der Waals surface area contributed by atoms with Gasteiger partial charge in [-0.1, -0.05) is 29.8 Å². The van der Waals surface area contributed by atoms with Crippen LogP contribution in [-0.2, 0) is 0 Å². The molecule has 0 atom stereocenters. The van der Waals surface area contributed by atoms with E-state index >= 15 is 0 Å². The zero-order valence-electron chi connectivity index (χ0n) is 16.4. The van der Waals surface area contributed by atoms with E-state index in [4.69, 9.17) is 11.6 Å². The predicted molar refractivity (Wildman–Crippen MR) is 121 cm³/mol. The molecule has 30 heavy (non-hydrogen) atoms. The molecule has 2 fully saturated rings. The molecule has 2 aliphatic heterocycles. The summed E-state index contributed by atoms with van der Waals surface area (Å²) in [6.07, 6.45) is 4.21. The molecular weight excluding hydrogens is 418 g/mol. The first kappa shape index (κ1) is 19.5. The fourth-order valence-corrected chi connectivity index (χ4v) is 5.00. The third-order valence-corrected chi connectivity index (χ3v) is 7.13. The van der Waals surface area contributed by atoms with Crippen molar-refractivity contribution in [3.63, 3.8) is 0 Å². The highest BCUT2D eigenvalue weighted by Gasteiger charge is 2.39. The summed E-state index contributed by atoms with van der Waals surface area (Å²) in [7, 11) is 0. The largest absolute Gasteiger partial charge is 0.370 e. The molecule has 3 aromatic rings. The number of hydrogen-bond donors (Lipinski definition) is 2. The van der Waals surface area contributed by atoms with E-state index in [-0.39, 0.29) is 5.91 Å². The lowest BCUT2D eigenvalue weighted by molar-refractivity contribution is 0.102. The van der Waals surface area contributed by atoms with Crippen molar-refractivity contribution < 1.29 is 4.79 Å². The van der Waals surface area contributed by atoms with Gasteiger partial charge in [0, 0.05) is 42.1 Å². The highest BCUT2D eigenvalue weighted by atomic mass is 35.5. The fourth-order valence-electron chi connectivity index (χ4n) is 4.06. The number of amides is 1. The fraction of sp³-hybridized carbons (Fsp3) is 0.318. The molecule has 0 bridgehead atoms. The standard InChI is InChI=1S/C22H22ClN5OS/c23-17-4-2-1-3-16(17)19-12-30-21(26-19)27-20(29)18-6-5-15(11-25-18)28-9-7-22(8-10-28)13-24-14-22/h1-6,11-12,24H,7-10,13-14H2,(H,26,27,29). The van der Waals surface area contributed by atoms with Gasteiger partial charge in [0.1, 0.15) is 5.69 Å². The van der Waals surface area contributed by atoms with Gasteiger partial charge in [0.05, 0.1) is 17.6 Å². The Hall–Kier alpha value is -2.48. The lowest BCUT2D eigenvalue weighted by Crippen LogP contribution is -2.58. The number of pyridine rings is 1. The molecule has 1 amide bonds. The molecule has 2 aliphatic rings. The Morgan fingerprint density at radius 1 is 1.17 bits per heavy atom. The molecule has 1 aromatic carbocycles. The number of rotatable bonds is 4. The van der Waals surface area contributed by atoms with Gasteiger partial charge in [-0.15, -0.1) is 11.3 Å². The van der Waals surface area contributed by atoms with E-state index in [2.05, 4.69) is 25.5 Å². The Kier molecular flexibility index (Phi) is 5.18. The van der Waals surface area contributed by atoms with Gasteiger partial charge >= 0.3 is 0 Å². The third-order valence-electron chi connectivity index (χ3n) is 6.04. The first-order chi connectivity index (χ1) is 14.6. The maximum Gasteiger partial charge on any atom is 0.276 e. The number of thiazole rings is 1. The van der Waals surface area contributed by atoms with Crippen LogP contribution >= 0.6 is 22.9 Å². The number of anilines is 2. The van der Waals surface area contributed by atoms with E-state index < -0.39 is 0 Å². The molecular formula is C22H22ClN5OS. The summed E-state index contributed by atoms with van der Waals surface area (Å²) in [6, 6.07) is 11.3. The number of piperidine rings is 1. The predicted octanol–water partition coefficient (Wildman–Crippen LogP) is 4.30. The van der Waals surface area contributed by atoms with Crippen molar-refractivity contribution in [2.45, 2.75) is 12.8 Å². The van der Waals surface area contributed by atoms with Crippen LogP contribution < -0.4 is 15.5 Å². The summed E-state index contributed by atoms with van der Waals surface area (Å²) < 4.78 is 0. The molecule has 1 spiro atoms. The van der Waals surface area contributed by atoms with Crippen LogP contribution in [0.3, 0.4) is 0 Å². The molecule has 0 unspecified atom stereocenters. The van der Waals surface area contributed by atoms with Crippen molar-refractivity contribution in [3.8, 4) is 11.3 Å². The zero-order chi connectivity index (χ0) is 20.6. The molecule has 0 saturated carbocycles. The van der Waals surface area contributed by atoms with Crippen LogP contribution in [0.1, 0.15) is 23.3 Å². The van der Waals surface area contributed by atoms with Crippen molar-refractivity contribution in [3.05, 3.63) is 58.7 Å². The van der Waals surface area contributed by atoms with Crippen molar-refractivity contribution >= 4 is 39.7 Å². The molecule has 8 heteroatoms. The molecule has 4 heterocycles. The van der Waals surface area contributed by atoms with Crippen molar-refractivity contribution in [1.29, 1.82) is 0 Å². The second-order valence-electron chi connectivity index (χ2n) is 7.96. The molecule has 0 radical (unpaired) electrons. The molecule has 5 rings (SSSR count). The van der Waals surface area contributed by atoms with Crippen LogP contribution in [0.25, 0.3) is 11.3 Å². The van der Waals surface area contributed by atoms with Gasteiger partial charge in [-0.05, 0) is 36.5 Å². The first-order valence-electron chi connectivity index (χ1n) is 10.1. The number of aromatic nitrogens is 2. The van der Waals surface area contributed by atoms with Crippen molar-refractivity contribution in [2.24, 2.45) is 5.41 Å². The number of nitrogens with one attached hydrogen (secondary N) is 2. The lowest BCUT2D eigenvalue weighted by atomic mass is 9.73. The van der Waals surface area contributed by atoms with Gasteiger partial charge in [-0.3, -0.25) is 10.1 Å². The highest BCUT2D eigenvalue weighted by molar-refractivity contribution is 7.14. The molecule has 2 aromatic heterocycles. The highest BCUT2D eigenvalue weighted by Crippen LogP contribution is 2.36. The first-order valence-corrected chi connectivity index (χ1v) is 11.3. The van der Waals surface area contributed by atoms with Crippen molar-refractivity contribution in [1.82, 2.24) is 15.3 Å². The molecule has 154 valence electrons. The average Bonchev–Trinajstić information content (AvgIpc) is 3.21. The molecule has 2 N–H and O–H groups in total. The summed E-state index contributed by atoms with van der Waals surface area (Å²) in [5, 5.41) is 9.27. The SMILES string of the molecule is O=C(Nc1nc(-c2ccccc2Cl)cs1)c1ccc(N2CCC3(CC2)CNC3)cn1. The lowest BCUT2D eigenvalue weighted by Gasteiger charge is -2.48. The van der Waals surface area contributed by atoms with Gasteiger partial charge < -0.3 is 10.2 Å². The number of halogens is 1. The Balaban J connectivity index is 1.22. The number of benzene rings is 1. The second-order valence-corrected chi connectivity index (χ2v) is 9.23. The normalized spacial score (nSPS) is 17.6. The maximum atomic E-state index is 12.6. The second kappa shape index (κ2) is 7.98. The summed E-state index contributed by atoms with van der Waals surface area (Å²) in [4.78, 5) is 23.8. The average molecular weight is 440 g/mol. The molecule has 6 nitrogen and oxygen atoms in total. The van der Waals surface area contributed by atoms with Crippen LogP contribution in [0.4, 0.5) is 10.8 Å².